The minimum Gasteiger partial charge on any atom is -0.211 e. The predicted molar refractivity (Wildman–Crippen MR) is 97.0 cm³/mol. The summed E-state index contributed by atoms with van der Waals surface area (Å²) in [5.41, 5.74) is 2.55. The number of rotatable bonds is 6. The van der Waals surface area contributed by atoms with Gasteiger partial charge in [0.2, 0.25) is 24.3 Å². The molecular weight excluding hydrogens is 348 g/mol. The van der Waals surface area contributed by atoms with E-state index in [1.807, 2.05) is 30.3 Å². The molecule has 1 atom stereocenters. The zero-order chi connectivity index (χ0) is 19.9. The first-order valence-electron chi connectivity index (χ1n) is 7.58. The summed E-state index contributed by atoms with van der Waals surface area (Å²) in [5, 5.41) is 0. The SMILES string of the molecule is Cc1ccc(N=C=O)cc1N=C=O.O=C=NCC(N=C=O)c1ccccc1. The van der Waals surface area contributed by atoms with E-state index in [2.05, 4.69) is 20.0 Å². The van der Waals surface area contributed by atoms with E-state index in [0.29, 0.717) is 11.4 Å². The molecule has 0 aromatic heterocycles. The third kappa shape index (κ3) is 7.59. The van der Waals surface area contributed by atoms with E-state index in [9.17, 15) is 19.2 Å². The summed E-state index contributed by atoms with van der Waals surface area (Å²) in [6.07, 6.45) is 5.71. The number of hydrogen-bond acceptors (Lipinski definition) is 8. The lowest BCUT2D eigenvalue weighted by Crippen LogP contribution is -1.98. The van der Waals surface area contributed by atoms with Gasteiger partial charge in [0.15, 0.2) is 0 Å². The van der Waals surface area contributed by atoms with Gasteiger partial charge >= 0.3 is 0 Å². The van der Waals surface area contributed by atoms with Crippen LogP contribution < -0.4 is 0 Å². The van der Waals surface area contributed by atoms with E-state index in [1.54, 1.807) is 19.1 Å². The number of aliphatic imine (C=N–C) groups is 4. The first-order valence-corrected chi connectivity index (χ1v) is 7.58. The van der Waals surface area contributed by atoms with Crippen molar-refractivity contribution in [3.8, 4) is 0 Å². The van der Waals surface area contributed by atoms with Crippen LogP contribution in [0.5, 0.6) is 0 Å². The van der Waals surface area contributed by atoms with Crippen molar-refractivity contribution in [3.05, 3.63) is 59.7 Å². The molecule has 0 fully saturated rings. The molecule has 0 heterocycles. The van der Waals surface area contributed by atoms with Crippen LogP contribution in [0.25, 0.3) is 0 Å². The molecule has 0 aliphatic carbocycles. The molecule has 0 saturated heterocycles. The summed E-state index contributed by atoms with van der Waals surface area (Å²) in [7, 11) is 0. The van der Waals surface area contributed by atoms with Crippen LogP contribution in [0.15, 0.2) is 68.5 Å². The van der Waals surface area contributed by atoms with Crippen LogP contribution in [0.3, 0.4) is 0 Å². The van der Waals surface area contributed by atoms with Crippen molar-refractivity contribution >= 4 is 35.7 Å². The highest BCUT2D eigenvalue weighted by Crippen LogP contribution is 2.23. The van der Waals surface area contributed by atoms with E-state index < -0.39 is 6.04 Å². The van der Waals surface area contributed by atoms with Crippen molar-refractivity contribution in [2.75, 3.05) is 6.54 Å². The highest BCUT2D eigenvalue weighted by Gasteiger charge is 2.07. The van der Waals surface area contributed by atoms with Crippen LogP contribution in [0.2, 0.25) is 0 Å². The quantitative estimate of drug-likeness (QED) is 0.578. The van der Waals surface area contributed by atoms with Crippen LogP contribution in [0, 0.1) is 6.92 Å². The van der Waals surface area contributed by atoms with Gasteiger partial charge in [0, 0.05) is 0 Å². The molecule has 2 aromatic rings. The molecule has 0 radical (unpaired) electrons. The third-order valence-corrected chi connectivity index (χ3v) is 3.26. The molecule has 1 unspecified atom stereocenters. The predicted octanol–water partition coefficient (Wildman–Crippen LogP) is 3.33. The monoisotopic (exact) mass is 362 g/mol. The minimum absolute atomic E-state index is 0.128. The van der Waals surface area contributed by atoms with Crippen molar-refractivity contribution in [1.29, 1.82) is 0 Å². The van der Waals surface area contributed by atoms with E-state index in [0.717, 1.165) is 11.1 Å². The number of benzene rings is 2. The van der Waals surface area contributed by atoms with Crippen molar-refractivity contribution in [3.63, 3.8) is 0 Å². The van der Waals surface area contributed by atoms with Gasteiger partial charge in [0.1, 0.15) is 6.04 Å². The first-order chi connectivity index (χ1) is 13.2. The highest BCUT2D eigenvalue weighted by molar-refractivity contribution is 5.61. The van der Waals surface area contributed by atoms with Crippen molar-refractivity contribution < 1.29 is 19.2 Å². The fourth-order valence-electron chi connectivity index (χ4n) is 1.97. The van der Waals surface area contributed by atoms with Gasteiger partial charge in [-0.1, -0.05) is 36.4 Å². The zero-order valence-electron chi connectivity index (χ0n) is 14.3. The molecule has 0 aliphatic heterocycles. The first kappa shape index (κ1) is 21.0. The molecule has 2 aromatic carbocycles. The lowest BCUT2D eigenvalue weighted by Gasteiger charge is -2.05. The zero-order valence-corrected chi connectivity index (χ0v) is 14.3. The largest absolute Gasteiger partial charge is 0.240 e. The normalized spacial score (nSPS) is 9.67. The van der Waals surface area contributed by atoms with Crippen LogP contribution in [0.1, 0.15) is 17.2 Å². The average molecular weight is 362 g/mol. The van der Waals surface area contributed by atoms with E-state index >= 15 is 0 Å². The number of nitrogens with zero attached hydrogens (tertiary/aromatic N) is 4. The molecule has 0 saturated carbocycles. The molecule has 27 heavy (non-hydrogen) atoms. The molecule has 0 aliphatic rings. The number of isocyanates is 4. The standard InChI is InChI=1S/C10H8N2O2.C9H6N2O2/c13-7-11-6-10(12-8-14)9-4-2-1-3-5-9;1-7-2-3-8(10-5-12)4-9(7)11-6-13/h1-5,10H,6H2;2-4H,1H3. The van der Waals surface area contributed by atoms with E-state index in [-0.39, 0.29) is 6.54 Å². The van der Waals surface area contributed by atoms with Crippen molar-refractivity contribution in [1.82, 2.24) is 0 Å². The van der Waals surface area contributed by atoms with Gasteiger partial charge < -0.3 is 0 Å². The molecule has 0 bridgehead atoms. The Morgan fingerprint density at radius 1 is 0.852 bits per heavy atom. The maximum absolute atomic E-state index is 10.1. The second-order valence-electron chi connectivity index (χ2n) is 4.96. The Labute approximate surface area is 154 Å². The molecule has 134 valence electrons. The van der Waals surface area contributed by atoms with Gasteiger partial charge in [0.25, 0.3) is 0 Å². The van der Waals surface area contributed by atoms with Gasteiger partial charge in [-0.05, 0) is 30.2 Å². The maximum atomic E-state index is 10.1. The lowest BCUT2D eigenvalue weighted by atomic mass is 10.1. The Kier molecular flexibility index (Phi) is 9.60. The Morgan fingerprint density at radius 3 is 2.15 bits per heavy atom. The fourth-order valence-corrected chi connectivity index (χ4v) is 1.97. The Hall–Kier alpha value is -4.04. The number of carbonyl (C=O) groups excluding carboxylic acids is 4. The molecule has 0 spiro atoms. The second kappa shape index (κ2) is 12.3. The van der Waals surface area contributed by atoms with Crippen LogP contribution in [-0.4, -0.2) is 30.9 Å². The Bertz CT molecular complexity index is 949. The van der Waals surface area contributed by atoms with Crippen LogP contribution in [0.4, 0.5) is 11.4 Å². The van der Waals surface area contributed by atoms with Gasteiger partial charge in [-0.25, -0.2) is 24.2 Å². The molecule has 8 heteroatoms. The summed E-state index contributed by atoms with van der Waals surface area (Å²) < 4.78 is 0. The van der Waals surface area contributed by atoms with Gasteiger partial charge in [0.05, 0.1) is 17.9 Å². The van der Waals surface area contributed by atoms with Gasteiger partial charge in [-0.15, -0.1) is 0 Å². The Morgan fingerprint density at radius 2 is 1.56 bits per heavy atom. The van der Waals surface area contributed by atoms with Gasteiger partial charge in [-0.3, -0.25) is 0 Å². The summed E-state index contributed by atoms with van der Waals surface area (Å²) in [5.74, 6) is 0. The summed E-state index contributed by atoms with van der Waals surface area (Å²) in [4.78, 5) is 53.7. The molecular formula is C19H14N4O4. The van der Waals surface area contributed by atoms with Crippen LogP contribution >= 0.6 is 0 Å². The second-order valence-corrected chi connectivity index (χ2v) is 4.96. The summed E-state index contributed by atoms with van der Waals surface area (Å²) in [6.45, 7) is 1.92. The van der Waals surface area contributed by atoms with Gasteiger partial charge in [-0.2, -0.15) is 15.0 Å². The third-order valence-electron chi connectivity index (χ3n) is 3.26. The number of hydrogen-bond donors (Lipinski definition) is 0. The molecule has 0 amide bonds. The highest BCUT2D eigenvalue weighted by atomic mass is 16.1. The van der Waals surface area contributed by atoms with Crippen molar-refractivity contribution in [2.45, 2.75) is 13.0 Å². The van der Waals surface area contributed by atoms with E-state index in [4.69, 9.17) is 0 Å². The van der Waals surface area contributed by atoms with E-state index in [1.165, 1.54) is 30.4 Å². The van der Waals surface area contributed by atoms with Crippen LogP contribution in [-0.2, 0) is 19.2 Å². The average Bonchev–Trinajstić information content (AvgIpc) is 2.69. The lowest BCUT2D eigenvalue weighted by molar-refractivity contribution is 0.553. The van der Waals surface area contributed by atoms with Crippen molar-refractivity contribution in [2.24, 2.45) is 20.0 Å². The maximum Gasteiger partial charge on any atom is 0.240 e. The summed E-state index contributed by atoms with van der Waals surface area (Å²) >= 11 is 0. The topological polar surface area (TPSA) is 118 Å². The smallest absolute Gasteiger partial charge is 0.211 e. The fraction of sp³-hybridized carbons (Fsp3) is 0.158. The molecule has 8 nitrogen and oxygen atoms in total. The minimum atomic E-state index is -0.435. The molecule has 2 rings (SSSR count). The summed E-state index contributed by atoms with van der Waals surface area (Å²) in [6, 6.07) is 13.6. The Balaban J connectivity index is 0.000000271. The molecule has 0 N–H and O–H groups in total. The number of aryl methyl sites for hydroxylation is 1.